The molecular formula is C9H13N3O2S. The van der Waals surface area contributed by atoms with Crippen LogP contribution in [0.25, 0.3) is 0 Å². The van der Waals surface area contributed by atoms with Crippen LogP contribution in [-0.4, -0.2) is 39.3 Å². The normalized spacial score (nSPS) is 12.1. The van der Waals surface area contributed by atoms with E-state index in [0.717, 1.165) is 6.54 Å². The summed E-state index contributed by atoms with van der Waals surface area (Å²) in [6, 6.07) is 3.05. The van der Waals surface area contributed by atoms with Crippen LogP contribution in [0.3, 0.4) is 0 Å². The Balaban J connectivity index is 2.53. The van der Waals surface area contributed by atoms with Crippen molar-refractivity contribution in [3.63, 3.8) is 0 Å². The van der Waals surface area contributed by atoms with E-state index < -0.39 is 5.97 Å². The third kappa shape index (κ3) is 3.75. The molecule has 0 saturated heterocycles. The van der Waals surface area contributed by atoms with Gasteiger partial charge in [-0.25, -0.2) is 4.79 Å². The van der Waals surface area contributed by atoms with Crippen molar-refractivity contribution < 1.29 is 9.90 Å². The highest BCUT2D eigenvalue weighted by atomic mass is 32.2. The maximum atomic E-state index is 10.5. The highest BCUT2D eigenvalue weighted by Gasteiger charge is 2.05. The Labute approximate surface area is 92.3 Å². The zero-order chi connectivity index (χ0) is 11.3. The topological polar surface area (TPSA) is 75.1 Å². The van der Waals surface area contributed by atoms with Crippen molar-refractivity contribution in [2.24, 2.45) is 0 Å². The Morgan fingerprint density at radius 2 is 2.33 bits per heavy atom. The average Bonchev–Trinajstić information content (AvgIpc) is 2.26. The van der Waals surface area contributed by atoms with Gasteiger partial charge in [0.2, 0.25) is 0 Å². The van der Waals surface area contributed by atoms with Crippen LogP contribution in [0.1, 0.15) is 17.4 Å². The molecule has 0 radical (unpaired) electrons. The number of rotatable bonds is 5. The minimum Gasteiger partial charge on any atom is -0.476 e. The van der Waals surface area contributed by atoms with Crippen molar-refractivity contribution in [1.29, 1.82) is 0 Å². The van der Waals surface area contributed by atoms with E-state index in [1.54, 1.807) is 17.8 Å². The Morgan fingerprint density at radius 1 is 1.60 bits per heavy atom. The zero-order valence-electron chi connectivity index (χ0n) is 8.60. The number of carboxylic acid groups (broad SMARTS) is 1. The highest BCUT2D eigenvalue weighted by molar-refractivity contribution is 7.99. The number of thioether (sulfide) groups is 1. The number of nitrogens with one attached hydrogen (secondary N) is 1. The van der Waals surface area contributed by atoms with Crippen molar-refractivity contribution in [3.8, 4) is 0 Å². The molecule has 2 N–H and O–H groups in total. The van der Waals surface area contributed by atoms with Crippen LogP contribution < -0.4 is 5.32 Å². The second-order valence-corrected chi connectivity index (χ2v) is 4.31. The quantitative estimate of drug-likeness (QED) is 0.790. The standard InChI is InChI=1S/C9H13N3O2S/c1-6(15-2)5-10-8-4-3-7(9(13)14)11-12-8/h3-4,6H,5H2,1-2H3,(H,10,12)(H,13,14). The number of anilines is 1. The Kier molecular flexibility index (Phi) is 4.36. The summed E-state index contributed by atoms with van der Waals surface area (Å²) >= 11 is 1.75. The van der Waals surface area contributed by atoms with Gasteiger partial charge in [-0.3, -0.25) is 0 Å². The molecule has 1 aromatic heterocycles. The SMILES string of the molecule is CSC(C)CNc1ccc(C(=O)O)nn1. The van der Waals surface area contributed by atoms with E-state index in [4.69, 9.17) is 5.11 Å². The number of hydrogen-bond acceptors (Lipinski definition) is 5. The van der Waals surface area contributed by atoms with Crippen LogP contribution in [0.2, 0.25) is 0 Å². The first-order valence-corrected chi connectivity index (χ1v) is 5.76. The molecule has 5 nitrogen and oxygen atoms in total. The van der Waals surface area contributed by atoms with Gasteiger partial charge >= 0.3 is 5.97 Å². The van der Waals surface area contributed by atoms with Crippen molar-refractivity contribution in [2.75, 3.05) is 18.1 Å². The molecule has 0 fully saturated rings. The van der Waals surface area contributed by atoms with Gasteiger partial charge in [0, 0.05) is 11.8 Å². The predicted octanol–water partition coefficient (Wildman–Crippen LogP) is 1.34. The Bertz CT molecular complexity index is 329. The lowest BCUT2D eigenvalue weighted by Crippen LogP contribution is -2.14. The summed E-state index contributed by atoms with van der Waals surface area (Å²) < 4.78 is 0. The molecule has 0 amide bonds. The zero-order valence-corrected chi connectivity index (χ0v) is 9.41. The molecule has 0 aliphatic carbocycles. The average molecular weight is 227 g/mol. The number of hydrogen-bond donors (Lipinski definition) is 2. The number of nitrogens with zero attached hydrogens (tertiary/aromatic N) is 2. The minimum absolute atomic E-state index is 0.0431. The third-order valence-electron chi connectivity index (χ3n) is 1.86. The molecular weight excluding hydrogens is 214 g/mol. The van der Waals surface area contributed by atoms with E-state index in [-0.39, 0.29) is 5.69 Å². The van der Waals surface area contributed by atoms with Crippen molar-refractivity contribution >= 4 is 23.5 Å². The lowest BCUT2D eigenvalue weighted by Gasteiger charge is -2.09. The molecule has 15 heavy (non-hydrogen) atoms. The summed E-state index contributed by atoms with van der Waals surface area (Å²) in [5.74, 6) is -0.465. The Hall–Kier alpha value is -1.30. The minimum atomic E-state index is -1.06. The van der Waals surface area contributed by atoms with Gasteiger partial charge in [-0.1, -0.05) is 6.92 Å². The molecule has 1 rings (SSSR count). The van der Waals surface area contributed by atoms with Gasteiger partial charge in [0.15, 0.2) is 5.69 Å². The van der Waals surface area contributed by atoms with Gasteiger partial charge in [-0.15, -0.1) is 10.2 Å². The molecule has 1 unspecified atom stereocenters. The second-order valence-electron chi connectivity index (χ2n) is 3.04. The first kappa shape index (κ1) is 11.8. The molecule has 0 aliphatic rings. The van der Waals surface area contributed by atoms with Crippen LogP contribution >= 0.6 is 11.8 Å². The van der Waals surface area contributed by atoms with E-state index in [9.17, 15) is 4.79 Å². The second kappa shape index (κ2) is 5.55. The van der Waals surface area contributed by atoms with Gasteiger partial charge in [0.05, 0.1) is 0 Å². The molecule has 1 heterocycles. The first-order chi connectivity index (χ1) is 7.13. The summed E-state index contributed by atoms with van der Waals surface area (Å²) in [5.41, 5.74) is -0.0431. The van der Waals surface area contributed by atoms with E-state index in [1.807, 2.05) is 6.26 Å². The molecule has 1 atom stereocenters. The summed E-state index contributed by atoms with van der Waals surface area (Å²) in [6.45, 7) is 2.87. The summed E-state index contributed by atoms with van der Waals surface area (Å²) in [4.78, 5) is 10.5. The molecule has 0 spiro atoms. The van der Waals surface area contributed by atoms with Gasteiger partial charge in [0.1, 0.15) is 5.82 Å². The van der Waals surface area contributed by atoms with Crippen molar-refractivity contribution in [1.82, 2.24) is 10.2 Å². The third-order valence-corrected chi connectivity index (χ3v) is 2.83. The van der Waals surface area contributed by atoms with Crippen LogP contribution in [0.15, 0.2) is 12.1 Å². The molecule has 0 saturated carbocycles. The van der Waals surface area contributed by atoms with Crippen LogP contribution in [0.4, 0.5) is 5.82 Å². The maximum absolute atomic E-state index is 10.5. The van der Waals surface area contributed by atoms with Gasteiger partial charge < -0.3 is 10.4 Å². The van der Waals surface area contributed by atoms with E-state index in [0.29, 0.717) is 11.1 Å². The maximum Gasteiger partial charge on any atom is 0.356 e. The van der Waals surface area contributed by atoms with Crippen LogP contribution in [-0.2, 0) is 0 Å². The molecule has 0 bridgehead atoms. The predicted molar refractivity (Wildman–Crippen MR) is 60.5 cm³/mol. The van der Waals surface area contributed by atoms with Gasteiger partial charge in [-0.2, -0.15) is 11.8 Å². The van der Waals surface area contributed by atoms with Crippen molar-refractivity contribution in [3.05, 3.63) is 17.8 Å². The van der Waals surface area contributed by atoms with Gasteiger partial charge in [0.25, 0.3) is 0 Å². The fourth-order valence-electron chi connectivity index (χ4n) is 0.872. The van der Waals surface area contributed by atoms with E-state index in [2.05, 4.69) is 22.4 Å². The Morgan fingerprint density at radius 3 is 2.80 bits per heavy atom. The lowest BCUT2D eigenvalue weighted by atomic mass is 10.4. The van der Waals surface area contributed by atoms with Crippen molar-refractivity contribution in [2.45, 2.75) is 12.2 Å². The highest BCUT2D eigenvalue weighted by Crippen LogP contribution is 2.07. The monoisotopic (exact) mass is 227 g/mol. The fraction of sp³-hybridized carbons (Fsp3) is 0.444. The molecule has 6 heteroatoms. The van der Waals surface area contributed by atoms with Crippen LogP contribution in [0, 0.1) is 0 Å². The summed E-state index contributed by atoms with van der Waals surface area (Å²) in [5, 5.41) is 19.5. The van der Waals surface area contributed by atoms with E-state index in [1.165, 1.54) is 6.07 Å². The van der Waals surface area contributed by atoms with E-state index >= 15 is 0 Å². The van der Waals surface area contributed by atoms with Gasteiger partial charge in [-0.05, 0) is 18.4 Å². The molecule has 82 valence electrons. The molecule has 1 aromatic rings. The largest absolute Gasteiger partial charge is 0.476 e. The molecule has 0 aliphatic heterocycles. The number of carboxylic acids is 1. The van der Waals surface area contributed by atoms with Crippen LogP contribution in [0.5, 0.6) is 0 Å². The number of carbonyl (C=O) groups is 1. The summed E-state index contributed by atoms with van der Waals surface area (Å²) in [6.07, 6.45) is 2.03. The first-order valence-electron chi connectivity index (χ1n) is 4.47. The fourth-order valence-corrected chi connectivity index (χ4v) is 1.12. The summed E-state index contributed by atoms with van der Waals surface area (Å²) in [7, 11) is 0. The molecule has 0 aromatic carbocycles. The smallest absolute Gasteiger partial charge is 0.356 e. The lowest BCUT2D eigenvalue weighted by molar-refractivity contribution is 0.0689. The number of aromatic nitrogens is 2. The number of aromatic carboxylic acids is 1.